The van der Waals surface area contributed by atoms with E-state index in [4.69, 9.17) is 0 Å². The Morgan fingerprint density at radius 3 is 2.79 bits per heavy atom. The summed E-state index contributed by atoms with van der Waals surface area (Å²) in [4.78, 5) is 37.6. The molecule has 8 heteroatoms. The van der Waals surface area contributed by atoms with Gasteiger partial charge in [0.1, 0.15) is 0 Å². The summed E-state index contributed by atoms with van der Waals surface area (Å²) >= 11 is 0. The summed E-state index contributed by atoms with van der Waals surface area (Å²) in [5, 5.41) is 13.8. The molecule has 0 saturated heterocycles. The van der Waals surface area contributed by atoms with E-state index in [0.29, 0.717) is 10.9 Å². The second-order valence-electron chi connectivity index (χ2n) is 5.31. The number of hydrogen-bond acceptors (Lipinski definition) is 4. The molecule has 0 fully saturated rings. The van der Waals surface area contributed by atoms with Crippen LogP contribution >= 0.6 is 0 Å². The predicted octanol–water partition coefficient (Wildman–Crippen LogP) is 1.91. The maximum Gasteiger partial charge on any atom is 0.292 e. The summed E-state index contributed by atoms with van der Waals surface area (Å²) in [6, 6.07) is 7.79. The smallest absolute Gasteiger partial charge is 0.292 e. The first-order chi connectivity index (χ1) is 11.5. The molecule has 24 heavy (non-hydrogen) atoms. The zero-order chi connectivity index (χ0) is 17.3. The minimum Gasteiger partial charge on any atom is -0.360 e. The van der Waals surface area contributed by atoms with Crippen LogP contribution in [0.15, 0.2) is 42.7 Å². The number of aromatic amines is 1. The zero-order valence-corrected chi connectivity index (χ0v) is 12.8. The quantitative estimate of drug-likeness (QED) is 0.323. The van der Waals surface area contributed by atoms with Crippen LogP contribution < -0.4 is 5.32 Å². The van der Waals surface area contributed by atoms with Crippen molar-refractivity contribution in [2.75, 3.05) is 0 Å². The molecule has 1 amide bonds. The largest absolute Gasteiger partial charge is 0.360 e. The molecule has 2 aromatic heterocycles. The van der Waals surface area contributed by atoms with E-state index in [1.54, 1.807) is 0 Å². The molecule has 8 nitrogen and oxygen atoms in total. The first-order valence-corrected chi connectivity index (χ1v) is 7.15. The van der Waals surface area contributed by atoms with Crippen LogP contribution in [0.5, 0.6) is 0 Å². The second-order valence-corrected chi connectivity index (χ2v) is 5.31. The molecule has 0 aliphatic carbocycles. The molecule has 0 atom stereocenters. The number of fused-ring (bicyclic) bond motifs is 1. The van der Waals surface area contributed by atoms with Crippen molar-refractivity contribution in [1.29, 1.82) is 0 Å². The van der Waals surface area contributed by atoms with Crippen molar-refractivity contribution in [2.24, 2.45) is 7.05 Å². The van der Waals surface area contributed by atoms with Crippen LogP contribution in [0.25, 0.3) is 10.9 Å². The van der Waals surface area contributed by atoms with Gasteiger partial charge in [-0.1, -0.05) is 0 Å². The van der Waals surface area contributed by atoms with E-state index in [1.165, 1.54) is 24.4 Å². The number of ketones is 1. The van der Waals surface area contributed by atoms with Crippen LogP contribution in [0.2, 0.25) is 0 Å². The molecule has 0 aliphatic rings. The summed E-state index contributed by atoms with van der Waals surface area (Å²) in [6.45, 7) is 0.219. The van der Waals surface area contributed by atoms with E-state index < -0.39 is 16.6 Å². The lowest BCUT2D eigenvalue weighted by Crippen LogP contribution is -2.31. The minimum absolute atomic E-state index is 0.109. The van der Waals surface area contributed by atoms with Crippen LogP contribution in [0, 0.1) is 10.1 Å². The number of aromatic nitrogens is 2. The number of nitrogens with one attached hydrogen (secondary N) is 2. The molecule has 0 radical (unpaired) electrons. The van der Waals surface area contributed by atoms with Crippen molar-refractivity contribution in [1.82, 2.24) is 14.9 Å². The number of Topliss-reactive ketones (excluding diaryl/α,β-unsaturated/α-hetero) is 1. The van der Waals surface area contributed by atoms with Crippen LogP contribution in [-0.2, 0) is 18.4 Å². The Morgan fingerprint density at radius 2 is 2.12 bits per heavy atom. The molecule has 0 aliphatic heterocycles. The van der Waals surface area contributed by atoms with Gasteiger partial charge in [-0.15, -0.1) is 0 Å². The maximum atomic E-state index is 12.3. The predicted molar refractivity (Wildman–Crippen MR) is 86.5 cm³/mol. The molecule has 0 saturated carbocycles. The lowest BCUT2D eigenvalue weighted by atomic mass is 10.1. The van der Waals surface area contributed by atoms with Crippen molar-refractivity contribution in [3.63, 3.8) is 0 Å². The van der Waals surface area contributed by atoms with Gasteiger partial charge in [-0.3, -0.25) is 19.7 Å². The highest BCUT2D eigenvalue weighted by molar-refractivity contribution is 6.44. The fraction of sp³-hybridized carbons (Fsp3) is 0.125. The standard InChI is InChI=1S/C16H14N4O4/c1-19-6-2-3-11(19)8-18-16(22)15(21)13-9-17-14-5-4-10(20(23)24)7-12(13)14/h2-7,9,17H,8H2,1H3,(H,18,22). The molecule has 0 bridgehead atoms. The van der Waals surface area contributed by atoms with Gasteiger partial charge in [0.05, 0.1) is 17.0 Å². The molecular formula is C16H14N4O4. The monoisotopic (exact) mass is 326 g/mol. The summed E-state index contributed by atoms with van der Waals surface area (Å²) in [5.41, 5.74) is 1.38. The third-order valence-corrected chi connectivity index (χ3v) is 3.81. The van der Waals surface area contributed by atoms with Gasteiger partial charge in [0.25, 0.3) is 17.4 Å². The number of carbonyl (C=O) groups excluding carboxylic acids is 2. The summed E-state index contributed by atoms with van der Waals surface area (Å²) in [5.74, 6) is -1.50. The molecule has 2 heterocycles. The normalized spacial score (nSPS) is 10.7. The molecule has 0 unspecified atom stereocenters. The Kier molecular flexibility index (Phi) is 3.87. The van der Waals surface area contributed by atoms with E-state index >= 15 is 0 Å². The van der Waals surface area contributed by atoms with Gasteiger partial charge in [-0.25, -0.2) is 0 Å². The number of rotatable bonds is 5. The number of nitro benzene ring substituents is 1. The van der Waals surface area contributed by atoms with Crippen LogP contribution in [0.1, 0.15) is 16.1 Å². The second kappa shape index (κ2) is 5.99. The highest BCUT2D eigenvalue weighted by atomic mass is 16.6. The van der Waals surface area contributed by atoms with Crippen molar-refractivity contribution in [3.8, 4) is 0 Å². The van der Waals surface area contributed by atoms with Crippen LogP contribution in [-0.4, -0.2) is 26.2 Å². The van der Waals surface area contributed by atoms with E-state index in [9.17, 15) is 19.7 Å². The maximum absolute atomic E-state index is 12.3. The van der Waals surface area contributed by atoms with Crippen LogP contribution in [0.3, 0.4) is 0 Å². The van der Waals surface area contributed by atoms with Gasteiger partial charge in [-0.05, 0) is 18.2 Å². The minimum atomic E-state index is -0.761. The fourth-order valence-electron chi connectivity index (χ4n) is 2.46. The summed E-state index contributed by atoms with van der Waals surface area (Å²) in [7, 11) is 1.84. The van der Waals surface area contributed by atoms with Gasteiger partial charge in [0.15, 0.2) is 0 Å². The molecule has 122 valence electrons. The Hall–Kier alpha value is -3.42. The highest BCUT2D eigenvalue weighted by Gasteiger charge is 2.21. The number of non-ortho nitro benzene ring substituents is 1. The Bertz CT molecular complexity index is 954. The number of aryl methyl sites for hydroxylation is 1. The van der Waals surface area contributed by atoms with Gasteiger partial charge < -0.3 is 14.9 Å². The van der Waals surface area contributed by atoms with Gasteiger partial charge in [-0.2, -0.15) is 0 Å². The molecule has 1 aromatic carbocycles. The summed E-state index contributed by atoms with van der Waals surface area (Å²) in [6.07, 6.45) is 3.22. The Labute approximate surface area is 136 Å². The van der Waals surface area contributed by atoms with Crippen LogP contribution in [0.4, 0.5) is 5.69 Å². The van der Waals surface area contributed by atoms with Crippen molar-refractivity contribution >= 4 is 28.3 Å². The molecule has 0 spiro atoms. The number of amides is 1. The average molecular weight is 326 g/mol. The third kappa shape index (κ3) is 2.76. The Morgan fingerprint density at radius 1 is 1.33 bits per heavy atom. The van der Waals surface area contributed by atoms with Gasteiger partial charge in [0.2, 0.25) is 0 Å². The van der Waals surface area contributed by atoms with Crippen molar-refractivity contribution < 1.29 is 14.5 Å². The third-order valence-electron chi connectivity index (χ3n) is 3.81. The van der Waals surface area contributed by atoms with E-state index in [-0.39, 0.29) is 17.8 Å². The number of nitro groups is 1. The first-order valence-electron chi connectivity index (χ1n) is 7.15. The van der Waals surface area contributed by atoms with Crippen molar-refractivity contribution in [3.05, 3.63) is 64.1 Å². The van der Waals surface area contributed by atoms with E-state index in [0.717, 1.165) is 5.69 Å². The SMILES string of the molecule is Cn1cccc1CNC(=O)C(=O)c1c[nH]c2ccc([N+](=O)[O-])cc12. The molecule has 2 N–H and O–H groups in total. The Balaban J connectivity index is 1.82. The lowest BCUT2D eigenvalue weighted by molar-refractivity contribution is -0.384. The molecular weight excluding hydrogens is 312 g/mol. The number of H-pyrrole nitrogens is 1. The number of benzene rings is 1. The topological polar surface area (TPSA) is 110 Å². The first kappa shape index (κ1) is 15.5. The van der Waals surface area contributed by atoms with Gasteiger partial charge >= 0.3 is 0 Å². The van der Waals surface area contributed by atoms with Gasteiger partial charge in [0, 0.05) is 48.2 Å². The number of nitrogens with zero attached hydrogens (tertiary/aromatic N) is 2. The molecule has 3 rings (SSSR count). The van der Waals surface area contributed by atoms with E-state index in [1.807, 2.05) is 29.9 Å². The van der Waals surface area contributed by atoms with Crippen molar-refractivity contribution in [2.45, 2.75) is 6.54 Å². The summed E-state index contributed by atoms with van der Waals surface area (Å²) < 4.78 is 1.83. The fourth-order valence-corrected chi connectivity index (χ4v) is 2.46. The number of hydrogen-bond donors (Lipinski definition) is 2. The average Bonchev–Trinajstić information content (AvgIpc) is 3.17. The van der Waals surface area contributed by atoms with E-state index in [2.05, 4.69) is 10.3 Å². The zero-order valence-electron chi connectivity index (χ0n) is 12.8. The number of carbonyl (C=O) groups is 2. The molecule has 3 aromatic rings. The lowest BCUT2D eigenvalue weighted by Gasteiger charge is -2.05. The highest BCUT2D eigenvalue weighted by Crippen LogP contribution is 2.24.